The summed E-state index contributed by atoms with van der Waals surface area (Å²) in [7, 11) is 4.18. The molecule has 0 radical (unpaired) electrons. The summed E-state index contributed by atoms with van der Waals surface area (Å²) in [5.41, 5.74) is 0. The molecule has 0 aromatic rings. The van der Waals surface area contributed by atoms with Gasteiger partial charge in [0.05, 0.1) is 25.9 Å². The maximum atomic E-state index is 12.1. The van der Waals surface area contributed by atoms with E-state index in [-0.39, 0.29) is 12.1 Å². The summed E-state index contributed by atoms with van der Waals surface area (Å²) >= 11 is 0. The number of hydrogen-bond donors (Lipinski definition) is 1. The molecule has 0 aliphatic heterocycles. The topological polar surface area (TPSA) is 71.5 Å². The van der Waals surface area contributed by atoms with Crippen molar-refractivity contribution in [1.82, 2.24) is 9.80 Å². The normalized spacial score (nSPS) is 12.5. The summed E-state index contributed by atoms with van der Waals surface area (Å²) in [4.78, 5) is 16.9. The van der Waals surface area contributed by atoms with Crippen molar-refractivity contribution in [2.24, 2.45) is 0 Å². The number of ether oxygens (including phenoxy) is 3. The summed E-state index contributed by atoms with van der Waals surface area (Å²) in [6, 6.07) is 0. The molecule has 0 spiro atoms. The third-order valence-electron chi connectivity index (χ3n) is 11.1. The molecule has 0 aliphatic rings. The first-order valence-electron chi connectivity index (χ1n) is 24.4. The van der Waals surface area contributed by atoms with E-state index in [0.717, 1.165) is 84.3 Å². The highest BCUT2D eigenvalue weighted by molar-refractivity contribution is 5.69. The van der Waals surface area contributed by atoms with Gasteiger partial charge in [-0.1, -0.05) is 175 Å². The van der Waals surface area contributed by atoms with Crippen molar-refractivity contribution in [3.8, 4) is 0 Å². The first-order chi connectivity index (χ1) is 26.9. The average Bonchev–Trinajstić information content (AvgIpc) is 3.16. The van der Waals surface area contributed by atoms with Gasteiger partial charge in [0.1, 0.15) is 0 Å². The fraction of sp³-hybridized carbons (Fsp3) is 0.979. The van der Waals surface area contributed by atoms with Crippen molar-refractivity contribution in [1.29, 1.82) is 0 Å². The average molecular weight is 783 g/mol. The zero-order chi connectivity index (χ0) is 40.3. The molecule has 1 atom stereocenters. The summed E-state index contributed by atoms with van der Waals surface area (Å²) in [5.74, 6) is -0.0119. The number of nitrogens with zero attached hydrogens (tertiary/aromatic N) is 2. The van der Waals surface area contributed by atoms with Crippen LogP contribution in [0.5, 0.6) is 0 Å². The number of likely N-dealkylation sites (N-methyl/N-ethyl adjacent to an activating group) is 1. The molecule has 0 rings (SSSR count). The van der Waals surface area contributed by atoms with E-state index >= 15 is 0 Å². The number of carbonyl (C=O) groups is 1. The molecule has 0 aromatic heterocycles. The van der Waals surface area contributed by atoms with E-state index in [4.69, 9.17) is 14.2 Å². The van der Waals surface area contributed by atoms with Crippen LogP contribution in [0.3, 0.4) is 0 Å². The van der Waals surface area contributed by atoms with Gasteiger partial charge < -0.3 is 29.1 Å². The van der Waals surface area contributed by atoms with Gasteiger partial charge in [-0.3, -0.25) is 4.79 Å². The van der Waals surface area contributed by atoms with Crippen LogP contribution in [0.1, 0.15) is 233 Å². The second-order valence-corrected chi connectivity index (χ2v) is 17.0. The van der Waals surface area contributed by atoms with Crippen molar-refractivity contribution in [3.63, 3.8) is 0 Å². The van der Waals surface area contributed by atoms with E-state index in [1.54, 1.807) is 0 Å². The minimum absolute atomic E-state index is 0.0119. The first kappa shape index (κ1) is 54.3. The highest BCUT2D eigenvalue weighted by atomic mass is 16.6. The highest BCUT2D eigenvalue weighted by Gasteiger charge is 2.15. The third kappa shape index (κ3) is 42.7. The molecule has 0 aromatic carbocycles. The van der Waals surface area contributed by atoms with Crippen LogP contribution in [0.4, 0.5) is 0 Å². The van der Waals surface area contributed by atoms with E-state index < -0.39 is 6.29 Å². The zero-order valence-electron chi connectivity index (χ0n) is 37.9. The molecular weight excluding hydrogens is 685 g/mol. The van der Waals surface area contributed by atoms with Crippen LogP contribution in [-0.2, 0) is 19.0 Å². The summed E-state index contributed by atoms with van der Waals surface area (Å²) in [5, 5.41) is 10.8. The maximum absolute atomic E-state index is 12.1. The highest BCUT2D eigenvalue weighted by Crippen LogP contribution is 2.20. The van der Waals surface area contributed by atoms with E-state index in [2.05, 4.69) is 44.7 Å². The number of rotatable bonds is 46. The number of carbonyl (C=O) groups excluding carboxylic acids is 1. The van der Waals surface area contributed by atoms with Crippen LogP contribution in [0.15, 0.2) is 0 Å². The smallest absolute Gasteiger partial charge is 0.305 e. The van der Waals surface area contributed by atoms with Gasteiger partial charge in [-0.15, -0.1) is 0 Å². The van der Waals surface area contributed by atoms with E-state index in [1.165, 1.54) is 161 Å². The number of aliphatic hydroxyl groups excluding tert-OH is 1. The summed E-state index contributed by atoms with van der Waals surface area (Å²) in [6.07, 6.45) is 39.1. The molecule has 1 N–H and O–H groups in total. The molecule has 0 amide bonds. The van der Waals surface area contributed by atoms with Gasteiger partial charge in [0.2, 0.25) is 0 Å². The lowest BCUT2D eigenvalue weighted by molar-refractivity contribution is -0.144. The molecule has 7 nitrogen and oxygen atoms in total. The SMILES string of the molecule is CCCCCCCCCOC(=O)CCCCCCCN(CCCCCCCC(O)OC(CCCCCCCC)CCCCCCCC)CCOCCN(C)C. The maximum Gasteiger partial charge on any atom is 0.305 e. The number of aliphatic hydroxyl groups is 1. The van der Waals surface area contributed by atoms with Gasteiger partial charge in [-0.05, 0) is 78.6 Å². The molecule has 0 saturated heterocycles. The fourth-order valence-electron chi connectivity index (χ4n) is 7.39. The Kier molecular flexibility index (Phi) is 43.8. The largest absolute Gasteiger partial charge is 0.466 e. The lowest BCUT2D eigenvalue weighted by Crippen LogP contribution is -2.30. The number of unbranched alkanes of at least 4 members (excludes halogenated alkanes) is 24. The Hall–Kier alpha value is -0.730. The third-order valence-corrected chi connectivity index (χ3v) is 11.1. The lowest BCUT2D eigenvalue weighted by Gasteiger charge is -2.23. The second-order valence-electron chi connectivity index (χ2n) is 17.0. The van der Waals surface area contributed by atoms with Crippen LogP contribution in [0.2, 0.25) is 0 Å². The zero-order valence-corrected chi connectivity index (χ0v) is 37.9. The number of hydrogen-bond acceptors (Lipinski definition) is 7. The van der Waals surface area contributed by atoms with Crippen LogP contribution < -0.4 is 0 Å². The van der Waals surface area contributed by atoms with Crippen LogP contribution in [-0.4, -0.2) is 93.4 Å². The number of esters is 1. The molecule has 0 aliphatic carbocycles. The Bertz CT molecular complexity index is 738. The molecular formula is C48H98N2O5. The predicted octanol–water partition coefficient (Wildman–Crippen LogP) is 13.0. The predicted molar refractivity (Wildman–Crippen MR) is 237 cm³/mol. The van der Waals surface area contributed by atoms with Gasteiger partial charge in [0.25, 0.3) is 0 Å². The van der Waals surface area contributed by atoms with Gasteiger partial charge in [-0.25, -0.2) is 0 Å². The van der Waals surface area contributed by atoms with E-state index in [1.807, 2.05) is 0 Å². The second kappa shape index (κ2) is 44.4. The van der Waals surface area contributed by atoms with E-state index in [9.17, 15) is 9.90 Å². The lowest BCUT2D eigenvalue weighted by atomic mass is 10.0. The van der Waals surface area contributed by atoms with Gasteiger partial charge in [-0.2, -0.15) is 0 Å². The van der Waals surface area contributed by atoms with Crippen molar-refractivity contribution in [2.45, 2.75) is 245 Å². The molecule has 7 heteroatoms. The van der Waals surface area contributed by atoms with Crippen LogP contribution >= 0.6 is 0 Å². The van der Waals surface area contributed by atoms with Crippen LogP contribution in [0.25, 0.3) is 0 Å². The van der Waals surface area contributed by atoms with Gasteiger partial charge in [0.15, 0.2) is 6.29 Å². The summed E-state index contributed by atoms with van der Waals surface area (Å²) in [6.45, 7) is 13.2. The molecule has 0 saturated carbocycles. The van der Waals surface area contributed by atoms with Gasteiger partial charge in [0, 0.05) is 19.5 Å². The van der Waals surface area contributed by atoms with Crippen LogP contribution in [0, 0.1) is 0 Å². The van der Waals surface area contributed by atoms with Crippen molar-refractivity contribution < 1.29 is 24.1 Å². The standard InChI is InChI=1S/C48H98N2O5/c1-6-9-12-15-18-27-34-43-54-47(51)37-30-23-19-25-32-39-50(42-45-53-44-41-49(4)5)40-33-26-20-24-31-38-48(52)55-46(35-28-21-16-13-10-7-2)36-29-22-17-14-11-8-3/h46,48,52H,6-45H2,1-5H3. The Balaban J connectivity index is 4.27. The van der Waals surface area contributed by atoms with Gasteiger partial charge >= 0.3 is 5.97 Å². The molecule has 0 fully saturated rings. The first-order valence-corrected chi connectivity index (χ1v) is 24.4. The molecule has 1 unspecified atom stereocenters. The molecule has 0 bridgehead atoms. The Morgan fingerprint density at radius 1 is 0.473 bits per heavy atom. The quantitative estimate of drug-likeness (QED) is 0.0374. The fourth-order valence-corrected chi connectivity index (χ4v) is 7.39. The summed E-state index contributed by atoms with van der Waals surface area (Å²) < 4.78 is 17.7. The molecule has 330 valence electrons. The monoisotopic (exact) mass is 783 g/mol. The molecule has 0 heterocycles. The van der Waals surface area contributed by atoms with Crippen molar-refractivity contribution in [3.05, 3.63) is 0 Å². The Labute approximate surface area is 344 Å². The van der Waals surface area contributed by atoms with Crippen molar-refractivity contribution in [2.75, 3.05) is 60.1 Å². The Morgan fingerprint density at radius 2 is 0.891 bits per heavy atom. The molecule has 55 heavy (non-hydrogen) atoms. The van der Waals surface area contributed by atoms with E-state index in [0.29, 0.717) is 13.0 Å². The minimum atomic E-state index is -0.610. The Morgan fingerprint density at radius 3 is 1.40 bits per heavy atom. The minimum Gasteiger partial charge on any atom is -0.466 e. The van der Waals surface area contributed by atoms with Crippen molar-refractivity contribution >= 4 is 5.97 Å².